The Labute approximate surface area is 104 Å². The van der Waals surface area contributed by atoms with Crippen LogP contribution in [0.2, 0.25) is 0 Å². The first kappa shape index (κ1) is 15.3. The van der Waals surface area contributed by atoms with Crippen LogP contribution in [-0.4, -0.2) is 25.3 Å². The molecule has 0 spiro atoms. The van der Waals surface area contributed by atoms with Crippen LogP contribution in [0.3, 0.4) is 0 Å². The first-order chi connectivity index (χ1) is 8.59. The molecule has 8 heteroatoms. The molecule has 0 unspecified atom stereocenters. The van der Waals surface area contributed by atoms with Gasteiger partial charge in [0, 0.05) is 12.6 Å². The predicted octanol–water partition coefficient (Wildman–Crippen LogP) is 3.25. The molecular formula is C11H9F6NO. The third-order valence-corrected chi connectivity index (χ3v) is 2.40. The second-order valence-corrected chi connectivity index (χ2v) is 3.68. The summed E-state index contributed by atoms with van der Waals surface area (Å²) in [7, 11) is 1.12. The van der Waals surface area contributed by atoms with E-state index >= 15 is 0 Å². The highest BCUT2D eigenvalue weighted by Gasteiger charge is 2.58. The molecule has 0 bridgehead atoms. The quantitative estimate of drug-likeness (QED) is 0.830. The summed E-state index contributed by atoms with van der Waals surface area (Å²) in [5.41, 5.74) is -1.76. The molecule has 0 saturated carbocycles. The van der Waals surface area contributed by atoms with Gasteiger partial charge < -0.3 is 5.32 Å². The molecule has 0 aliphatic carbocycles. The number of halogens is 6. The topological polar surface area (TPSA) is 29.1 Å². The summed E-state index contributed by atoms with van der Waals surface area (Å²) in [6.45, 7) is 0. The molecular weight excluding hydrogens is 276 g/mol. The van der Waals surface area contributed by atoms with Gasteiger partial charge in [-0.3, -0.25) is 4.79 Å². The minimum Gasteiger partial charge on any atom is -0.355 e. The first-order valence-electron chi connectivity index (χ1n) is 5.03. The Morgan fingerprint density at radius 2 is 1.53 bits per heavy atom. The summed E-state index contributed by atoms with van der Waals surface area (Å²) in [4.78, 5) is 11.3. The lowest BCUT2D eigenvalue weighted by atomic mass is 9.92. The van der Waals surface area contributed by atoms with Crippen LogP contribution in [0.5, 0.6) is 0 Å². The van der Waals surface area contributed by atoms with Crippen LogP contribution in [0.25, 0.3) is 0 Å². The van der Waals surface area contributed by atoms with E-state index in [1.165, 1.54) is 6.07 Å². The van der Waals surface area contributed by atoms with Gasteiger partial charge in [0.25, 0.3) is 5.91 Å². The molecule has 2 nitrogen and oxygen atoms in total. The van der Waals surface area contributed by atoms with Crippen molar-refractivity contribution in [2.24, 2.45) is 0 Å². The zero-order chi connectivity index (χ0) is 14.8. The standard InChI is InChI=1S/C11H9F6NO/c1-18-9(19)7-5-3-2-4-6(7)8(10(12,13)14)11(15,16)17/h2-5,8H,1H3,(H,18,19). The number of rotatable bonds is 2. The zero-order valence-corrected chi connectivity index (χ0v) is 9.56. The van der Waals surface area contributed by atoms with Gasteiger partial charge in [0.2, 0.25) is 0 Å². The van der Waals surface area contributed by atoms with Gasteiger partial charge in [-0.05, 0) is 11.6 Å². The van der Waals surface area contributed by atoms with Crippen LogP contribution in [0.1, 0.15) is 21.8 Å². The fraction of sp³-hybridized carbons (Fsp3) is 0.364. The largest absolute Gasteiger partial charge is 0.404 e. The molecule has 0 aromatic heterocycles. The summed E-state index contributed by atoms with van der Waals surface area (Å²) < 4.78 is 75.6. The van der Waals surface area contributed by atoms with Gasteiger partial charge in [0.1, 0.15) is 0 Å². The van der Waals surface area contributed by atoms with Crippen molar-refractivity contribution < 1.29 is 31.1 Å². The van der Waals surface area contributed by atoms with Crippen LogP contribution in [0.15, 0.2) is 24.3 Å². The summed E-state index contributed by atoms with van der Waals surface area (Å²) in [5, 5.41) is 2.01. The van der Waals surface area contributed by atoms with Gasteiger partial charge >= 0.3 is 12.4 Å². The number of carbonyl (C=O) groups is 1. The highest BCUT2D eigenvalue weighted by molar-refractivity contribution is 5.95. The normalized spacial score (nSPS) is 12.6. The van der Waals surface area contributed by atoms with Crippen molar-refractivity contribution in [2.45, 2.75) is 18.3 Å². The molecule has 0 radical (unpaired) electrons. The zero-order valence-electron chi connectivity index (χ0n) is 9.56. The van der Waals surface area contributed by atoms with Crippen LogP contribution in [0.4, 0.5) is 26.3 Å². The maximum Gasteiger partial charge on any atom is 0.404 e. The molecule has 1 aromatic carbocycles. The Morgan fingerprint density at radius 1 is 1.05 bits per heavy atom. The Bertz CT molecular complexity index is 451. The molecule has 19 heavy (non-hydrogen) atoms. The average Bonchev–Trinajstić information content (AvgIpc) is 2.25. The Kier molecular flexibility index (Phi) is 4.12. The molecule has 106 valence electrons. The molecule has 1 rings (SSSR count). The van der Waals surface area contributed by atoms with E-state index < -0.39 is 35.3 Å². The molecule has 0 fully saturated rings. The maximum absolute atomic E-state index is 12.6. The van der Waals surface area contributed by atoms with E-state index in [1.54, 1.807) is 0 Å². The maximum atomic E-state index is 12.6. The highest BCUT2D eigenvalue weighted by Crippen LogP contribution is 2.47. The molecule has 1 amide bonds. The van der Waals surface area contributed by atoms with Gasteiger partial charge in [-0.15, -0.1) is 0 Å². The number of amides is 1. The molecule has 1 aromatic rings. The number of hydrogen-bond acceptors (Lipinski definition) is 1. The summed E-state index contributed by atoms with van der Waals surface area (Å²) >= 11 is 0. The molecule has 0 atom stereocenters. The van der Waals surface area contributed by atoms with Gasteiger partial charge in [0.05, 0.1) is 0 Å². The van der Waals surface area contributed by atoms with E-state index in [9.17, 15) is 31.1 Å². The average molecular weight is 285 g/mol. The second kappa shape index (κ2) is 5.10. The minimum atomic E-state index is -5.53. The Morgan fingerprint density at radius 3 is 1.95 bits per heavy atom. The van der Waals surface area contributed by atoms with E-state index in [2.05, 4.69) is 0 Å². The van der Waals surface area contributed by atoms with Crippen molar-refractivity contribution in [1.29, 1.82) is 0 Å². The second-order valence-electron chi connectivity index (χ2n) is 3.68. The van der Waals surface area contributed by atoms with Crippen LogP contribution >= 0.6 is 0 Å². The summed E-state index contributed by atoms with van der Waals surface area (Å²) in [6, 6.07) is 3.78. The van der Waals surface area contributed by atoms with Gasteiger partial charge in [-0.1, -0.05) is 18.2 Å². The van der Waals surface area contributed by atoms with Crippen LogP contribution in [-0.2, 0) is 0 Å². The fourth-order valence-corrected chi connectivity index (χ4v) is 1.63. The van der Waals surface area contributed by atoms with Gasteiger partial charge in [-0.25, -0.2) is 0 Å². The number of benzene rings is 1. The molecule has 0 saturated heterocycles. The smallest absolute Gasteiger partial charge is 0.355 e. The lowest BCUT2D eigenvalue weighted by Crippen LogP contribution is -2.36. The van der Waals surface area contributed by atoms with Crippen molar-refractivity contribution in [3.63, 3.8) is 0 Å². The van der Waals surface area contributed by atoms with Crippen molar-refractivity contribution in [3.05, 3.63) is 35.4 Å². The molecule has 0 heterocycles. The summed E-state index contributed by atoms with van der Waals surface area (Å²) in [6.07, 6.45) is -11.1. The number of nitrogens with one attached hydrogen (secondary N) is 1. The van der Waals surface area contributed by atoms with E-state index in [1.807, 2.05) is 5.32 Å². The Hall–Kier alpha value is -1.73. The van der Waals surface area contributed by atoms with Gasteiger partial charge in [-0.2, -0.15) is 26.3 Å². The van der Waals surface area contributed by atoms with Crippen molar-refractivity contribution in [2.75, 3.05) is 7.05 Å². The third kappa shape index (κ3) is 3.39. The van der Waals surface area contributed by atoms with E-state index in [-0.39, 0.29) is 0 Å². The van der Waals surface area contributed by atoms with Gasteiger partial charge in [0.15, 0.2) is 5.92 Å². The molecule has 0 aliphatic heterocycles. The number of carbonyl (C=O) groups excluding carboxylic acids is 1. The lowest BCUT2D eigenvalue weighted by Gasteiger charge is -2.24. The lowest BCUT2D eigenvalue weighted by molar-refractivity contribution is -0.253. The SMILES string of the molecule is CNC(=O)c1ccccc1C(C(F)(F)F)C(F)(F)F. The van der Waals surface area contributed by atoms with Crippen LogP contribution in [0, 0.1) is 0 Å². The van der Waals surface area contributed by atoms with E-state index in [0.29, 0.717) is 6.07 Å². The summed E-state index contributed by atoms with van der Waals surface area (Å²) in [5.74, 6) is -4.69. The third-order valence-electron chi connectivity index (χ3n) is 2.40. The monoisotopic (exact) mass is 285 g/mol. The minimum absolute atomic E-state index is 0.648. The highest BCUT2D eigenvalue weighted by atomic mass is 19.4. The number of hydrogen-bond donors (Lipinski definition) is 1. The number of alkyl halides is 6. The molecule has 0 aliphatic rings. The molecule has 1 N–H and O–H groups in total. The van der Waals surface area contributed by atoms with E-state index in [4.69, 9.17) is 0 Å². The van der Waals surface area contributed by atoms with Crippen molar-refractivity contribution in [3.8, 4) is 0 Å². The van der Waals surface area contributed by atoms with Crippen LogP contribution < -0.4 is 5.32 Å². The first-order valence-corrected chi connectivity index (χ1v) is 5.03. The van der Waals surface area contributed by atoms with Crippen molar-refractivity contribution in [1.82, 2.24) is 5.32 Å². The predicted molar refractivity (Wildman–Crippen MR) is 54.7 cm³/mol. The fourth-order valence-electron chi connectivity index (χ4n) is 1.63. The van der Waals surface area contributed by atoms with E-state index in [0.717, 1.165) is 19.2 Å². The Balaban J connectivity index is 3.44. The van der Waals surface area contributed by atoms with Crippen molar-refractivity contribution >= 4 is 5.91 Å².